The molecule has 2 aliphatic rings. The second-order valence-electron chi connectivity index (χ2n) is 6.70. The Balaban J connectivity index is 1.49. The first-order valence-corrected chi connectivity index (χ1v) is 9.94. The lowest BCUT2D eigenvalue weighted by molar-refractivity contribution is -0.385. The third kappa shape index (κ3) is 3.94. The maximum absolute atomic E-state index is 12.7. The van der Waals surface area contributed by atoms with Gasteiger partial charge in [0, 0.05) is 29.8 Å². The number of nitro groups is 1. The molecule has 1 aromatic heterocycles. The zero-order valence-corrected chi connectivity index (χ0v) is 16.2. The molecule has 3 heterocycles. The summed E-state index contributed by atoms with van der Waals surface area (Å²) in [6.07, 6.45) is 1.23. The van der Waals surface area contributed by atoms with Gasteiger partial charge in [0.2, 0.25) is 0 Å². The number of esters is 1. The number of ether oxygens (including phenoxy) is 3. The van der Waals surface area contributed by atoms with Crippen molar-refractivity contribution in [3.63, 3.8) is 0 Å². The number of hydrogen-bond acceptors (Lipinski definition) is 8. The lowest BCUT2D eigenvalue weighted by Crippen LogP contribution is -2.41. The maximum Gasteiger partial charge on any atom is 0.329 e. The van der Waals surface area contributed by atoms with Crippen LogP contribution < -0.4 is 4.74 Å². The van der Waals surface area contributed by atoms with Gasteiger partial charge in [-0.1, -0.05) is 6.07 Å². The number of likely N-dealkylation sites (tertiary alicyclic amines) is 1. The van der Waals surface area contributed by atoms with Gasteiger partial charge in [-0.3, -0.25) is 14.9 Å². The molecule has 0 spiro atoms. The van der Waals surface area contributed by atoms with Crippen molar-refractivity contribution in [3.05, 3.63) is 55.8 Å². The molecule has 1 atom stereocenters. The molecule has 0 unspecified atom stereocenters. The minimum absolute atomic E-state index is 0.0253. The molecule has 1 fully saturated rings. The van der Waals surface area contributed by atoms with E-state index in [0.29, 0.717) is 41.1 Å². The predicted molar refractivity (Wildman–Crippen MR) is 102 cm³/mol. The Morgan fingerprint density at radius 3 is 3.00 bits per heavy atom. The molecular weight excluding hydrogens is 400 g/mol. The van der Waals surface area contributed by atoms with Gasteiger partial charge in [0.25, 0.3) is 11.6 Å². The van der Waals surface area contributed by atoms with Crippen molar-refractivity contribution in [2.24, 2.45) is 0 Å². The number of rotatable bonds is 5. The van der Waals surface area contributed by atoms with Gasteiger partial charge in [-0.25, -0.2) is 4.79 Å². The van der Waals surface area contributed by atoms with Crippen molar-refractivity contribution >= 4 is 28.9 Å². The fourth-order valence-corrected chi connectivity index (χ4v) is 4.21. The molecule has 29 heavy (non-hydrogen) atoms. The second kappa shape index (κ2) is 8.18. The highest BCUT2D eigenvalue weighted by Gasteiger charge is 2.36. The average molecular weight is 418 g/mol. The number of thiophene rings is 1. The van der Waals surface area contributed by atoms with E-state index in [0.717, 1.165) is 0 Å². The third-order valence-corrected chi connectivity index (χ3v) is 5.73. The molecule has 0 aliphatic carbocycles. The van der Waals surface area contributed by atoms with Crippen LogP contribution >= 0.6 is 11.3 Å². The summed E-state index contributed by atoms with van der Waals surface area (Å²) in [5, 5.41) is 13.0. The molecule has 0 saturated carbocycles. The van der Waals surface area contributed by atoms with Gasteiger partial charge < -0.3 is 19.1 Å². The largest absolute Gasteiger partial charge is 0.467 e. The summed E-state index contributed by atoms with van der Waals surface area (Å²) in [5.74, 6) is -0.278. The van der Waals surface area contributed by atoms with E-state index in [1.807, 2.05) is 5.38 Å². The van der Waals surface area contributed by atoms with E-state index >= 15 is 0 Å². The maximum atomic E-state index is 12.7. The summed E-state index contributed by atoms with van der Waals surface area (Å²) in [5.41, 5.74) is 0.811. The Morgan fingerprint density at radius 1 is 1.38 bits per heavy atom. The summed E-state index contributed by atoms with van der Waals surface area (Å²) in [4.78, 5) is 38.1. The fraction of sp³-hybridized carbons (Fsp3) is 0.368. The number of benzene rings is 1. The van der Waals surface area contributed by atoms with Crippen LogP contribution in [0.3, 0.4) is 0 Å². The van der Waals surface area contributed by atoms with Crippen LogP contribution in [0.25, 0.3) is 0 Å². The molecule has 2 aliphatic heterocycles. The second-order valence-corrected chi connectivity index (χ2v) is 7.65. The number of carbonyl (C=O) groups excluding carboxylic acids is 2. The number of hydrogen-bond donors (Lipinski definition) is 0. The number of carbonyl (C=O) groups is 2. The highest BCUT2D eigenvalue weighted by molar-refractivity contribution is 7.12. The van der Waals surface area contributed by atoms with Crippen molar-refractivity contribution in [2.75, 3.05) is 13.3 Å². The van der Waals surface area contributed by atoms with Gasteiger partial charge in [0.05, 0.1) is 16.4 Å². The molecule has 10 heteroatoms. The number of non-ortho nitro benzene ring substituents is 1. The van der Waals surface area contributed by atoms with Crippen LogP contribution in [0, 0.1) is 10.1 Å². The molecule has 0 N–H and O–H groups in total. The quantitative estimate of drug-likeness (QED) is 0.417. The number of fused-ring (bicyclic) bond motifs is 1. The monoisotopic (exact) mass is 418 g/mol. The Hall–Kier alpha value is -2.98. The van der Waals surface area contributed by atoms with Crippen LogP contribution in [0.4, 0.5) is 5.69 Å². The fourth-order valence-electron chi connectivity index (χ4n) is 3.54. The Labute approximate surface area is 169 Å². The molecule has 0 bridgehead atoms. The molecule has 1 saturated heterocycles. The van der Waals surface area contributed by atoms with E-state index in [1.54, 1.807) is 12.1 Å². The summed E-state index contributed by atoms with van der Waals surface area (Å²) in [7, 11) is 0. The van der Waals surface area contributed by atoms with Crippen LogP contribution in [0.1, 0.15) is 33.6 Å². The van der Waals surface area contributed by atoms with Gasteiger partial charge in [-0.2, -0.15) is 0 Å². The molecule has 2 aromatic rings. The van der Waals surface area contributed by atoms with E-state index < -0.39 is 16.9 Å². The first kappa shape index (κ1) is 19.3. The Bertz CT molecular complexity index is 944. The summed E-state index contributed by atoms with van der Waals surface area (Å²) in [6.45, 7) is 0.519. The lowest BCUT2D eigenvalue weighted by Gasteiger charge is -2.24. The first-order valence-electron chi connectivity index (χ1n) is 9.06. The zero-order valence-electron chi connectivity index (χ0n) is 15.4. The van der Waals surface area contributed by atoms with Crippen molar-refractivity contribution < 1.29 is 28.7 Å². The normalized spacial score (nSPS) is 18.1. The molecule has 9 nitrogen and oxygen atoms in total. The Morgan fingerprint density at radius 2 is 2.24 bits per heavy atom. The van der Waals surface area contributed by atoms with Gasteiger partial charge in [-0.05, 0) is 24.3 Å². The minimum Gasteiger partial charge on any atom is -0.467 e. The number of amides is 1. The van der Waals surface area contributed by atoms with Crippen molar-refractivity contribution in [2.45, 2.75) is 32.1 Å². The summed E-state index contributed by atoms with van der Waals surface area (Å²) in [6, 6.07) is 5.57. The summed E-state index contributed by atoms with van der Waals surface area (Å²) < 4.78 is 16.1. The average Bonchev–Trinajstić information content (AvgIpc) is 3.43. The van der Waals surface area contributed by atoms with E-state index in [9.17, 15) is 19.7 Å². The van der Waals surface area contributed by atoms with Crippen LogP contribution in [-0.2, 0) is 27.5 Å². The Kier molecular flexibility index (Phi) is 5.45. The molecule has 0 radical (unpaired) electrons. The van der Waals surface area contributed by atoms with E-state index in [2.05, 4.69) is 0 Å². The van der Waals surface area contributed by atoms with Crippen molar-refractivity contribution in [1.82, 2.24) is 4.90 Å². The third-order valence-electron chi connectivity index (χ3n) is 4.87. The van der Waals surface area contributed by atoms with E-state index in [1.165, 1.54) is 28.4 Å². The molecule has 152 valence electrons. The van der Waals surface area contributed by atoms with Gasteiger partial charge in [-0.15, -0.1) is 11.3 Å². The summed E-state index contributed by atoms with van der Waals surface area (Å²) >= 11 is 1.33. The van der Waals surface area contributed by atoms with Gasteiger partial charge in [0.1, 0.15) is 18.4 Å². The molecular formula is C19H18N2O7S. The highest BCUT2D eigenvalue weighted by atomic mass is 32.1. The lowest BCUT2D eigenvalue weighted by atomic mass is 10.1. The number of nitro benzene ring substituents is 1. The van der Waals surface area contributed by atoms with Gasteiger partial charge >= 0.3 is 5.97 Å². The van der Waals surface area contributed by atoms with Crippen molar-refractivity contribution in [1.29, 1.82) is 0 Å². The predicted octanol–water partition coefficient (Wildman–Crippen LogP) is 2.87. The van der Waals surface area contributed by atoms with E-state index in [-0.39, 0.29) is 31.6 Å². The molecule has 1 amide bonds. The highest BCUT2D eigenvalue weighted by Crippen LogP contribution is 2.33. The topological polar surface area (TPSA) is 108 Å². The number of nitrogens with zero attached hydrogens (tertiary/aromatic N) is 2. The minimum atomic E-state index is -0.664. The molecule has 4 rings (SSSR count). The zero-order chi connectivity index (χ0) is 20.4. The first-order chi connectivity index (χ1) is 14.0. The van der Waals surface area contributed by atoms with E-state index in [4.69, 9.17) is 14.2 Å². The standard InChI is InChI=1S/C19H18N2O7S/c22-18(16-4-2-6-29-16)20-5-1-3-15(20)19(23)27-10-13-8-14(21(24)25)7-12-9-26-11-28-17(12)13/h2,4,6-8,15H,1,3,5,9-11H2/t15-/m0/s1. The van der Waals surface area contributed by atoms with Crippen LogP contribution in [0.15, 0.2) is 29.6 Å². The van der Waals surface area contributed by atoms with Crippen LogP contribution in [0.2, 0.25) is 0 Å². The van der Waals surface area contributed by atoms with Crippen LogP contribution in [0.5, 0.6) is 5.75 Å². The SMILES string of the molecule is O=C(OCc1cc([N+](=O)[O-])cc2c1OCOC2)[C@@H]1CCCN1C(=O)c1cccs1. The molecule has 1 aromatic carbocycles. The van der Waals surface area contributed by atoms with Crippen molar-refractivity contribution in [3.8, 4) is 5.75 Å². The van der Waals surface area contributed by atoms with Gasteiger partial charge in [0.15, 0.2) is 6.79 Å². The smallest absolute Gasteiger partial charge is 0.329 e. The van der Waals surface area contributed by atoms with Crippen LogP contribution in [-0.4, -0.2) is 41.1 Å².